The Kier molecular flexibility index (Phi) is 5.61. The Morgan fingerprint density at radius 1 is 1.29 bits per heavy atom. The van der Waals surface area contributed by atoms with Crippen molar-refractivity contribution in [1.82, 2.24) is 24.6 Å². The van der Waals surface area contributed by atoms with Crippen molar-refractivity contribution in [1.29, 1.82) is 0 Å². The van der Waals surface area contributed by atoms with Crippen molar-refractivity contribution in [3.63, 3.8) is 0 Å². The normalized spacial score (nSPS) is 27.2. The van der Waals surface area contributed by atoms with Crippen LogP contribution in [0.15, 0.2) is 6.20 Å². The fourth-order valence-electron chi connectivity index (χ4n) is 4.30. The van der Waals surface area contributed by atoms with Gasteiger partial charge in [0.05, 0.1) is 43.8 Å². The van der Waals surface area contributed by atoms with E-state index >= 15 is 4.39 Å². The van der Waals surface area contributed by atoms with Gasteiger partial charge in [-0.15, -0.1) is 5.10 Å². The summed E-state index contributed by atoms with van der Waals surface area (Å²) in [5.41, 5.74) is 1.45. The van der Waals surface area contributed by atoms with E-state index in [2.05, 4.69) is 30.6 Å². The summed E-state index contributed by atoms with van der Waals surface area (Å²) in [6, 6.07) is 0.0942. The highest BCUT2D eigenvalue weighted by Crippen LogP contribution is 2.36. The van der Waals surface area contributed by atoms with Crippen LogP contribution < -0.4 is 15.4 Å². The Morgan fingerprint density at radius 3 is 2.87 bits per heavy atom. The Labute approximate surface area is 185 Å². The van der Waals surface area contributed by atoms with E-state index in [0.29, 0.717) is 67.2 Å². The van der Waals surface area contributed by atoms with Gasteiger partial charge in [0.1, 0.15) is 16.9 Å². The van der Waals surface area contributed by atoms with Crippen molar-refractivity contribution in [2.75, 3.05) is 43.5 Å². The number of rotatable bonds is 2. The zero-order valence-corrected chi connectivity index (χ0v) is 18.4. The monoisotopic (exact) mass is 451 g/mol. The minimum atomic E-state index is -1.02. The molecule has 31 heavy (non-hydrogen) atoms. The van der Waals surface area contributed by atoms with Gasteiger partial charge in [-0.3, -0.25) is 9.58 Å². The molecule has 2 aromatic heterocycles. The summed E-state index contributed by atoms with van der Waals surface area (Å²) in [4.78, 5) is 11.0. The first-order chi connectivity index (χ1) is 15.0. The SMILES string of the molecule is Cc1c2c(nn1C1CCN(C3COC3)CC1F)OCCC(C)Nc1nc(ncc1Cl)N2. The molecule has 2 bridgehead atoms. The standard InChI is InChI=1S/C20H27ClFN7O2/c1-11-4-6-31-19-17(25-20-23-7-14(21)18(24-11)26-20)12(2)29(27-19)16-3-5-28(8-15(16)22)13-9-30-10-13/h7,11,13,15-16H,3-6,8-10H2,1-2H3,(H2,23,24,25,26). The molecule has 0 radical (unpaired) electrons. The number of aromatic nitrogens is 4. The Bertz CT molecular complexity index is 954. The maximum Gasteiger partial charge on any atom is 0.257 e. The molecule has 3 atom stereocenters. The average Bonchev–Trinajstić information content (AvgIpc) is 2.97. The summed E-state index contributed by atoms with van der Waals surface area (Å²) >= 11 is 6.24. The summed E-state index contributed by atoms with van der Waals surface area (Å²) < 4.78 is 28.2. The predicted molar refractivity (Wildman–Crippen MR) is 115 cm³/mol. The van der Waals surface area contributed by atoms with Gasteiger partial charge in [-0.05, 0) is 20.3 Å². The summed E-state index contributed by atoms with van der Waals surface area (Å²) in [5.74, 6) is 1.38. The molecule has 5 rings (SSSR count). The van der Waals surface area contributed by atoms with E-state index in [1.54, 1.807) is 10.9 Å². The van der Waals surface area contributed by atoms with Gasteiger partial charge >= 0.3 is 0 Å². The quantitative estimate of drug-likeness (QED) is 0.720. The predicted octanol–water partition coefficient (Wildman–Crippen LogP) is 2.95. The van der Waals surface area contributed by atoms with Gasteiger partial charge in [0.15, 0.2) is 5.82 Å². The van der Waals surface area contributed by atoms with Gasteiger partial charge in [0.2, 0.25) is 5.95 Å². The molecule has 0 aromatic carbocycles. The van der Waals surface area contributed by atoms with Crippen molar-refractivity contribution >= 4 is 29.1 Å². The minimum Gasteiger partial charge on any atom is -0.475 e. The lowest BCUT2D eigenvalue weighted by atomic mass is 10.0. The number of halogens is 2. The molecule has 3 aliphatic heterocycles. The van der Waals surface area contributed by atoms with E-state index < -0.39 is 6.17 Å². The highest BCUT2D eigenvalue weighted by Gasteiger charge is 2.38. The van der Waals surface area contributed by atoms with Crippen LogP contribution in [0.1, 0.15) is 31.5 Å². The van der Waals surface area contributed by atoms with Crippen LogP contribution in [0.5, 0.6) is 5.88 Å². The lowest BCUT2D eigenvalue weighted by molar-refractivity contribution is -0.0848. The van der Waals surface area contributed by atoms with Crippen LogP contribution >= 0.6 is 11.6 Å². The van der Waals surface area contributed by atoms with Crippen LogP contribution in [0.3, 0.4) is 0 Å². The molecule has 0 amide bonds. The molecule has 5 heterocycles. The van der Waals surface area contributed by atoms with E-state index in [0.717, 1.165) is 18.7 Å². The maximum absolute atomic E-state index is 15.2. The first-order valence-corrected chi connectivity index (χ1v) is 11.1. The van der Waals surface area contributed by atoms with Gasteiger partial charge in [-0.2, -0.15) is 4.98 Å². The summed E-state index contributed by atoms with van der Waals surface area (Å²) in [7, 11) is 0. The van der Waals surface area contributed by atoms with Crippen LogP contribution in [0.2, 0.25) is 5.02 Å². The summed E-state index contributed by atoms with van der Waals surface area (Å²) in [6.07, 6.45) is 1.95. The van der Waals surface area contributed by atoms with Crippen molar-refractivity contribution in [3.05, 3.63) is 16.9 Å². The molecule has 0 aliphatic carbocycles. The van der Waals surface area contributed by atoms with E-state index in [9.17, 15) is 0 Å². The van der Waals surface area contributed by atoms with Crippen molar-refractivity contribution in [2.45, 2.75) is 51.0 Å². The zero-order chi connectivity index (χ0) is 21.5. The van der Waals surface area contributed by atoms with Crippen molar-refractivity contribution in [2.24, 2.45) is 0 Å². The number of alkyl halides is 1. The number of likely N-dealkylation sites (tertiary alicyclic amines) is 1. The Morgan fingerprint density at radius 2 is 2.13 bits per heavy atom. The first kappa shape index (κ1) is 20.7. The average molecular weight is 452 g/mol. The number of hydrogen-bond donors (Lipinski definition) is 2. The third-order valence-corrected chi connectivity index (χ3v) is 6.54. The minimum absolute atomic E-state index is 0.0972. The molecular weight excluding hydrogens is 425 g/mol. The molecule has 2 N–H and O–H groups in total. The van der Waals surface area contributed by atoms with E-state index in [1.807, 2.05) is 13.8 Å². The fourth-order valence-corrected chi connectivity index (χ4v) is 4.44. The lowest BCUT2D eigenvalue weighted by Crippen LogP contribution is -2.55. The molecule has 0 spiro atoms. The number of ether oxygens (including phenoxy) is 2. The topological polar surface area (TPSA) is 89.4 Å². The molecule has 2 aromatic rings. The number of fused-ring (bicyclic) bond motifs is 3. The van der Waals surface area contributed by atoms with E-state index in [1.165, 1.54) is 0 Å². The molecular formula is C20H27ClFN7O2. The first-order valence-electron chi connectivity index (χ1n) is 10.7. The second-order valence-corrected chi connectivity index (χ2v) is 8.87. The van der Waals surface area contributed by atoms with Crippen LogP contribution in [0.25, 0.3) is 0 Å². The molecule has 2 saturated heterocycles. The Balaban J connectivity index is 1.43. The maximum atomic E-state index is 15.2. The summed E-state index contributed by atoms with van der Waals surface area (Å²) in [5, 5.41) is 11.6. The number of nitrogens with zero attached hydrogens (tertiary/aromatic N) is 5. The van der Waals surface area contributed by atoms with Crippen molar-refractivity contribution < 1.29 is 13.9 Å². The van der Waals surface area contributed by atoms with Crippen LogP contribution in [0, 0.1) is 6.92 Å². The van der Waals surface area contributed by atoms with E-state index in [4.69, 9.17) is 21.1 Å². The van der Waals surface area contributed by atoms with Crippen LogP contribution in [-0.4, -0.2) is 75.8 Å². The Hall–Kier alpha value is -2.17. The number of piperidine rings is 1. The molecule has 0 saturated carbocycles. The van der Waals surface area contributed by atoms with Gasteiger partial charge in [-0.1, -0.05) is 11.6 Å². The zero-order valence-electron chi connectivity index (χ0n) is 17.6. The van der Waals surface area contributed by atoms with Gasteiger partial charge in [0, 0.05) is 25.6 Å². The molecule has 2 fully saturated rings. The molecule has 3 aliphatic rings. The molecule has 11 heteroatoms. The number of nitrogens with one attached hydrogen (secondary N) is 2. The second-order valence-electron chi connectivity index (χ2n) is 8.47. The van der Waals surface area contributed by atoms with Gasteiger partial charge in [-0.25, -0.2) is 9.37 Å². The molecule has 3 unspecified atom stereocenters. The van der Waals surface area contributed by atoms with Gasteiger partial charge < -0.3 is 20.1 Å². The number of anilines is 3. The van der Waals surface area contributed by atoms with E-state index in [-0.39, 0.29) is 12.1 Å². The smallest absolute Gasteiger partial charge is 0.257 e. The number of hydrogen-bond acceptors (Lipinski definition) is 8. The lowest BCUT2D eigenvalue weighted by Gasteiger charge is -2.42. The largest absolute Gasteiger partial charge is 0.475 e. The van der Waals surface area contributed by atoms with Crippen LogP contribution in [0.4, 0.5) is 21.8 Å². The molecule has 9 nitrogen and oxygen atoms in total. The summed E-state index contributed by atoms with van der Waals surface area (Å²) in [6.45, 7) is 7.01. The highest BCUT2D eigenvalue weighted by molar-refractivity contribution is 6.32. The fraction of sp³-hybridized carbons (Fsp3) is 0.650. The highest BCUT2D eigenvalue weighted by atomic mass is 35.5. The van der Waals surface area contributed by atoms with Crippen molar-refractivity contribution in [3.8, 4) is 5.88 Å². The third kappa shape index (κ3) is 4.04. The third-order valence-electron chi connectivity index (χ3n) is 6.26. The molecule has 168 valence electrons. The van der Waals surface area contributed by atoms with Crippen LogP contribution in [-0.2, 0) is 4.74 Å². The van der Waals surface area contributed by atoms with Gasteiger partial charge in [0.25, 0.3) is 5.88 Å². The second kappa shape index (κ2) is 8.40.